The average molecular weight is 722 g/mol. The number of aldehydes is 1. The van der Waals surface area contributed by atoms with Crippen LogP contribution in [0.4, 0.5) is 16.0 Å². The fraction of sp³-hybridized carbons (Fsp3) is 0.308. The van der Waals surface area contributed by atoms with Crippen molar-refractivity contribution in [2.75, 3.05) is 11.9 Å². The molecule has 3 aromatic heterocycles. The molecule has 0 saturated heterocycles. The zero-order valence-corrected chi connectivity index (χ0v) is 30.2. The number of nitrogens with zero attached hydrogens (tertiary/aromatic N) is 6. The highest BCUT2D eigenvalue weighted by Crippen LogP contribution is 2.43. The van der Waals surface area contributed by atoms with E-state index in [0.29, 0.717) is 50.9 Å². The van der Waals surface area contributed by atoms with E-state index in [0.717, 1.165) is 36.7 Å². The Morgan fingerprint density at radius 2 is 1.85 bits per heavy atom. The zero-order valence-electron chi connectivity index (χ0n) is 29.4. The van der Waals surface area contributed by atoms with E-state index >= 15 is 4.39 Å². The third-order valence-corrected chi connectivity index (χ3v) is 10.5. The van der Waals surface area contributed by atoms with E-state index in [4.69, 9.17) is 9.47 Å². The molecule has 1 aliphatic rings. The first kappa shape index (κ1) is 35.1. The molecule has 0 radical (unpaired) electrons. The van der Waals surface area contributed by atoms with Crippen LogP contribution < -0.4 is 10.1 Å². The highest BCUT2D eigenvalue weighted by atomic mass is 32.2. The molecular formula is C39H40FN7O4S. The monoisotopic (exact) mass is 721 g/mol. The highest BCUT2D eigenvalue weighted by Gasteiger charge is 2.30. The number of carbonyl (C=O) groups is 1. The van der Waals surface area contributed by atoms with Gasteiger partial charge in [0, 0.05) is 33.7 Å². The number of hydrogen-bond acceptors (Lipinski definition) is 9. The minimum absolute atomic E-state index is 0.136. The van der Waals surface area contributed by atoms with E-state index in [1.807, 2.05) is 76.4 Å². The van der Waals surface area contributed by atoms with E-state index in [1.54, 1.807) is 16.9 Å². The molecule has 3 heterocycles. The van der Waals surface area contributed by atoms with Gasteiger partial charge in [0.1, 0.15) is 30.4 Å². The Bertz CT molecular complexity index is 2230. The smallest absolute Gasteiger partial charge is 0.247 e. The van der Waals surface area contributed by atoms with Crippen molar-refractivity contribution in [2.24, 2.45) is 5.92 Å². The summed E-state index contributed by atoms with van der Waals surface area (Å²) in [4.78, 5) is 21.2. The molecule has 11 nitrogen and oxygen atoms in total. The van der Waals surface area contributed by atoms with Crippen molar-refractivity contribution in [2.45, 2.75) is 75.0 Å². The summed E-state index contributed by atoms with van der Waals surface area (Å²) in [6.07, 6.45) is 8.49. The van der Waals surface area contributed by atoms with Gasteiger partial charge in [0.05, 0.1) is 28.8 Å². The largest absolute Gasteiger partial charge is 0.485 e. The standard InChI is InChI=1S/C39H40FN7O4S/c1-5-50-25(4)46-21-31(20-42-46)36-37(51-24(2)3)38-44-39(45-47(38)23-41-36)43-35-14-13-33(19-34(35)40)52(49)32-8-6-7-27(18-32)15-28-16-30(17-28)29-11-9-26(22-48)10-12-29/h6-14,18-25,28,30H,5,15-17H2,1-4H3,(H,43,45). The number of nitrogens with one attached hydrogen (secondary N) is 1. The molecule has 1 aliphatic carbocycles. The van der Waals surface area contributed by atoms with Crippen molar-refractivity contribution in [1.82, 2.24) is 29.4 Å². The number of carbonyl (C=O) groups excluding carboxylic acids is 1. The molecule has 7 rings (SSSR count). The van der Waals surface area contributed by atoms with Crippen molar-refractivity contribution in [3.63, 3.8) is 0 Å². The molecule has 1 saturated carbocycles. The minimum Gasteiger partial charge on any atom is -0.485 e. The molecule has 0 bridgehead atoms. The number of anilines is 2. The molecule has 52 heavy (non-hydrogen) atoms. The summed E-state index contributed by atoms with van der Waals surface area (Å²) in [6, 6.07) is 20.0. The second kappa shape index (κ2) is 15.1. The predicted octanol–water partition coefficient (Wildman–Crippen LogP) is 7.93. The van der Waals surface area contributed by atoms with Crippen LogP contribution in [0.25, 0.3) is 16.9 Å². The van der Waals surface area contributed by atoms with Gasteiger partial charge in [0.25, 0.3) is 0 Å². The fourth-order valence-electron chi connectivity index (χ4n) is 6.53. The van der Waals surface area contributed by atoms with Crippen molar-refractivity contribution < 1.29 is 22.9 Å². The molecule has 268 valence electrons. The van der Waals surface area contributed by atoms with Gasteiger partial charge < -0.3 is 14.8 Å². The van der Waals surface area contributed by atoms with Crippen LogP contribution in [0.5, 0.6) is 5.75 Å². The molecule has 2 atom stereocenters. The van der Waals surface area contributed by atoms with Crippen LogP contribution in [0.15, 0.2) is 95.2 Å². The molecule has 0 amide bonds. The summed E-state index contributed by atoms with van der Waals surface area (Å²) in [5.41, 5.74) is 4.85. The zero-order chi connectivity index (χ0) is 36.4. The van der Waals surface area contributed by atoms with E-state index < -0.39 is 16.6 Å². The van der Waals surface area contributed by atoms with Crippen LogP contribution >= 0.6 is 0 Å². The van der Waals surface area contributed by atoms with E-state index in [1.165, 1.54) is 28.5 Å². The summed E-state index contributed by atoms with van der Waals surface area (Å²) in [5.74, 6) is 0.988. The lowest BCUT2D eigenvalue weighted by atomic mass is 9.69. The molecule has 2 unspecified atom stereocenters. The van der Waals surface area contributed by atoms with Crippen molar-refractivity contribution in [1.29, 1.82) is 0 Å². The van der Waals surface area contributed by atoms with Crippen LogP contribution in [-0.4, -0.2) is 52.6 Å². The topological polar surface area (TPSA) is 126 Å². The molecule has 0 spiro atoms. The van der Waals surface area contributed by atoms with Gasteiger partial charge in [-0.15, -0.1) is 5.10 Å². The maximum absolute atomic E-state index is 15.5. The number of ether oxygens (including phenoxy) is 2. The molecule has 1 N–H and O–H groups in total. The first-order valence-electron chi connectivity index (χ1n) is 17.4. The van der Waals surface area contributed by atoms with Gasteiger partial charge >= 0.3 is 0 Å². The lowest BCUT2D eigenvalue weighted by Gasteiger charge is -2.36. The van der Waals surface area contributed by atoms with Crippen LogP contribution in [0.2, 0.25) is 0 Å². The van der Waals surface area contributed by atoms with Crippen LogP contribution in [0.1, 0.15) is 74.2 Å². The van der Waals surface area contributed by atoms with Gasteiger partial charge in [-0.05, 0) is 100 Å². The summed E-state index contributed by atoms with van der Waals surface area (Å²) < 4.78 is 44.1. The van der Waals surface area contributed by atoms with Crippen molar-refractivity contribution in [3.05, 3.63) is 108 Å². The van der Waals surface area contributed by atoms with Crippen LogP contribution in [0.3, 0.4) is 0 Å². The quantitative estimate of drug-likeness (QED) is 0.112. The molecule has 13 heteroatoms. The first-order chi connectivity index (χ1) is 25.2. The Balaban J connectivity index is 1.04. The lowest BCUT2D eigenvalue weighted by molar-refractivity contribution is 0.0160. The Hall–Kier alpha value is -5.27. The van der Waals surface area contributed by atoms with Gasteiger partial charge in [-0.1, -0.05) is 36.4 Å². The summed E-state index contributed by atoms with van der Waals surface area (Å²) in [5, 5.41) is 11.8. The van der Waals surface area contributed by atoms with Gasteiger partial charge in [0.15, 0.2) is 5.75 Å². The summed E-state index contributed by atoms with van der Waals surface area (Å²) in [7, 11) is -1.58. The average Bonchev–Trinajstić information content (AvgIpc) is 3.78. The second-order valence-corrected chi connectivity index (χ2v) is 14.7. The van der Waals surface area contributed by atoms with Crippen molar-refractivity contribution in [3.8, 4) is 17.0 Å². The fourth-order valence-corrected chi connectivity index (χ4v) is 7.66. The maximum Gasteiger partial charge on any atom is 0.247 e. The van der Waals surface area contributed by atoms with Gasteiger partial charge in [-0.25, -0.2) is 18.3 Å². The Morgan fingerprint density at radius 1 is 1.06 bits per heavy atom. The SMILES string of the molecule is CCOC(C)n1cc(-c2ncn3nc(Nc4ccc(S(=O)c5cccc(CC6CC(c7ccc(C=O)cc7)C6)c5)cc4F)nc3c2OC(C)C)cn1. The predicted molar refractivity (Wildman–Crippen MR) is 196 cm³/mol. The van der Waals surface area contributed by atoms with E-state index in [-0.39, 0.29) is 24.0 Å². The van der Waals surface area contributed by atoms with Gasteiger partial charge in [-0.2, -0.15) is 14.6 Å². The number of benzene rings is 3. The van der Waals surface area contributed by atoms with Crippen LogP contribution in [-0.2, 0) is 22.0 Å². The number of hydrogen-bond donors (Lipinski definition) is 1. The molecule has 0 aliphatic heterocycles. The van der Waals surface area contributed by atoms with Gasteiger partial charge in [-0.3, -0.25) is 4.79 Å². The first-order valence-corrected chi connectivity index (χ1v) is 18.5. The number of halogens is 1. The number of aromatic nitrogens is 6. The van der Waals surface area contributed by atoms with Crippen LogP contribution in [0, 0.1) is 11.7 Å². The normalized spacial score (nSPS) is 16.8. The maximum atomic E-state index is 15.5. The van der Waals surface area contributed by atoms with Crippen molar-refractivity contribution >= 4 is 34.4 Å². The Labute approximate surface area is 303 Å². The van der Waals surface area contributed by atoms with E-state index in [9.17, 15) is 9.00 Å². The number of rotatable bonds is 14. The third-order valence-electron chi connectivity index (χ3n) is 9.17. The molecule has 1 fully saturated rings. The molecule has 6 aromatic rings. The molecular weight excluding hydrogens is 682 g/mol. The third kappa shape index (κ3) is 7.51. The Morgan fingerprint density at radius 3 is 2.58 bits per heavy atom. The van der Waals surface area contributed by atoms with E-state index in [2.05, 4.69) is 31.5 Å². The summed E-state index contributed by atoms with van der Waals surface area (Å²) in [6.45, 7) is 8.20. The Kier molecular flexibility index (Phi) is 10.2. The number of fused-ring (bicyclic) bond motifs is 1. The lowest BCUT2D eigenvalue weighted by Crippen LogP contribution is -2.23. The van der Waals surface area contributed by atoms with Gasteiger partial charge in [0.2, 0.25) is 11.6 Å². The highest BCUT2D eigenvalue weighted by molar-refractivity contribution is 7.85. The molecule has 3 aromatic carbocycles. The second-order valence-electron chi connectivity index (χ2n) is 13.3. The summed E-state index contributed by atoms with van der Waals surface area (Å²) >= 11 is 0. The minimum atomic E-state index is -1.58.